The molecule has 1 rings (SSSR count). The highest BCUT2D eigenvalue weighted by Gasteiger charge is 1.92. The van der Waals surface area contributed by atoms with Gasteiger partial charge in [-0.15, -0.1) is 0 Å². The zero-order valence-corrected chi connectivity index (χ0v) is 7.64. The number of hydrogen-bond donors (Lipinski definition) is 0. The SMILES string of the molecule is C=[C]c1cccc(CCCC)c1. The van der Waals surface area contributed by atoms with Crippen LogP contribution in [0.4, 0.5) is 0 Å². The van der Waals surface area contributed by atoms with Gasteiger partial charge in [0.1, 0.15) is 0 Å². The van der Waals surface area contributed by atoms with Crippen molar-refractivity contribution in [2.75, 3.05) is 0 Å². The molecule has 0 heterocycles. The van der Waals surface area contributed by atoms with Gasteiger partial charge in [-0.2, -0.15) is 0 Å². The molecular formula is C12H15. The summed E-state index contributed by atoms with van der Waals surface area (Å²) in [5, 5.41) is 0. The maximum atomic E-state index is 3.63. The van der Waals surface area contributed by atoms with Crippen LogP contribution < -0.4 is 0 Å². The van der Waals surface area contributed by atoms with Gasteiger partial charge in [-0.1, -0.05) is 44.2 Å². The minimum atomic E-state index is 1.10. The van der Waals surface area contributed by atoms with Crippen molar-refractivity contribution in [1.29, 1.82) is 0 Å². The molecule has 0 saturated carbocycles. The topological polar surface area (TPSA) is 0 Å². The van der Waals surface area contributed by atoms with E-state index in [-0.39, 0.29) is 0 Å². The molecule has 0 unspecified atom stereocenters. The monoisotopic (exact) mass is 159 g/mol. The Bertz CT molecular complexity index is 248. The highest BCUT2D eigenvalue weighted by Crippen LogP contribution is 2.08. The average Bonchev–Trinajstić information content (AvgIpc) is 2.15. The molecule has 1 aromatic carbocycles. The van der Waals surface area contributed by atoms with Gasteiger partial charge in [0, 0.05) is 0 Å². The summed E-state index contributed by atoms with van der Waals surface area (Å²) in [4.78, 5) is 0. The molecule has 0 aliphatic heterocycles. The Labute approximate surface area is 74.9 Å². The van der Waals surface area contributed by atoms with E-state index in [9.17, 15) is 0 Å². The summed E-state index contributed by atoms with van der Waals surface area (Å²) < 4.78 is 0. The summed E-state index contributed by atoms with van der Waals surface area (Å²) in [7, 11) is 0. The minimum Gasteiger partial charge on any atom is -0.0906 e. The molecule has 0 N–H and O–H groups in total. The maximum Gasteiger partial charge on any atom is -0.0181 e. The molecule has 0 aromatic heterocycles. The molecule has 1 radical (unpaired) electrons. The van der Waals surface area contributed by atoms with Gasteiger partial charge in [0.2, 0.25) is 0 Å². The van der Waals surface area contributed by atoms with Crippen LogP contribution in [0.5, 0.6) is 0 Å². The van der Waals surface area contributed by atoms with Crippen molar-refractivity contribution < 1.29 is 0 Å². The summed E-state index contributed by atoms with van der Waals surface area (Å²) in [6.07, 6.45) is 6.58. The van der Waals surface area contributed by atoms with Gasteiger partial charge in [0.25, 0.3) is 0 Å². The van der Waals surface area contributed by atoms with Crippen LogP contribution in [0.2, 0.25) is 0 Å². The van der Waals surface area contributed by atoms with E-state index in [1.54, 1.807) is 0 Å². The molecule has 0 saturated heterocycles. The third kappa shape index (κ3) is 2.54. The van der Waals surface area contributed by atoms with Crippen molar-refractivity contribution in [3.63, 3.8) is 0 Å². The lowest BCUT2D eigenvalue weighted by Gasteiger charge is -2.00. The molecule has 0 heteroatoms. The van der Waals surface area contributed by atoms with Gasteiger partial charge in [0.15, 0.2) is 0 Å². The largest absolute Gasteiger partial charge is 0.0906 e. The summed E-state index contributed by atoms with van der Waals surface area (Å²) >= 11 is 0. The Balaban J connectivity index is 2.66. The van der Waals surface area contributed by atoms with E-state index < -0.39 is 0 Å². The fraction of sp³-hybridized carbons (Fsp3) is 0.333. The molecule has 0 fully saturated rings. The van der Waals surface area contributed by atoms with Crippen molar-refractivity contribution in [2.45, 2.75) is 26.2 Å². The van der Waals surface area contributed by atoms with Crippen molar-refractivity contribution >= 4 is 0 Å². The van der Waals surface area contributed by atoms with Gasteiger partial charge in [-0.25, -0.2) is 0 Å². The normalized spacial score (nSPS) is 9.75. The highest BCUT2D eigenvalue weighted by molar-refractivity contribution is 5.27. The smallest absolute Gasteiger partial charge is 0.0181 e. The Hall–Kier alpha value is -1.04. The fourth-order valence-electron chi connectivity index (χ4n) is 1.22. The van der Waals surface area contributed by atoms with Gasteiger partial charge in [-0.05, 0) is 30.0 Å². The van der Waals surface area contributed by atoms with Crippen LogP contribution >= 0.6 is 0 Å². The summed E-state index contributed by atoms with van der Waals surface area (Å²) in [6, 6.07) is 8.42. The third-order valence-corrected chi connectivity index (χ3v) is 1.95. The summed E-state index contributed by atoms with van der Waals surface area (Å²) in [5.74, 6) is 0. The Morgan fingerprint density at radius 3 is 2.92 bits per heavy atom. The first-order valence-electron chi connectivity index (χ1n) is 4.49. The first kappa shape index (κ1) is 9.05. The van der Waals surface area contributed by atoms with Crippen LogP contribution in [0, 0.1) is 6.08 Å². The minimum absolute atomic E-state index is 1.10. The van der Waals surface area contributed by atoms with E-state index in [1.807, 2.05) is 6.07 Å². The lowest BCUT2D eigenvalue weighted by Crippen LogP contribution is -1.85. The molecular weight excluding hydrogens is 144 g/mol. The second kappa shape index (κ2) is 4.76. The Morgan fingerprint density at radius 2 is 2.25 bits per heavy atom. The number of unbranched alkanes of at least 4 members (excludes halogenated alkanes) is 1. The highest BCUT2D eigenvalue weighted by atomic mass is 14.0. The van der Waals surface area contributed by atoms with E-state index in [4.69, 9.17) is 0 Å². The predicted molar refractivity (Wildman–Crippen MR) is 53.0 cm³/mol. The lowest BCUT2D eigenvalue weighted by atomic mass is 10.1. The zero-order valence-electron chi connectivity index (χ0n) is 7.64. The van der Waals surface area contributed by atoms with Crippen molar-refractivity contribution in [3.8, 4) is 0 Å². The standard InChI is InChI=1S/C12H15/c1-3-5-7-12-9-6-8-11(4-2)10-12/h6,8-10H,2-3,5,7H2,1H3. The van der Waals surface area contributed by atoms with Gasteiger partial charge in [-0.3, -0.25) is 0 Å². The van der Waals surface area contributed by atoms with Crippen LogP contribution in [0.15, 0.2) is 30.8 Å². The summed E-state index contributed by atoms with van der Waals surface area (Å²) in [6.45, 7) is 5.84. The van der Waals surface area contributed by atoms with Crippen LogP contribution in [0.3, 0.4) is 0 Å². The Morgan fingerprint density at radius 1 is 1.42 bits per heavy atom. The molecule has 0 aliphatic rings. The molecule has 63 valence electrons. The number of rotatable bonds is 4. The van der Waals surface area contributed by atoms with Crippen LogP contribution in [0.1, 0.15) is 30.9 Å². The number of benzene rings is 1. The van der Waals surface area contributed by atoms with Gasteiger partial charge >= 0.3 is 0 Å². The quantitative estimate of drug-likeness (QED) is 0.632. The molecule has 0 atom stereocenters. The molecule has 12 heavy (non-hydrogen) atoms. The average molecular weight is 159 g/mol. The first-order valence-corrected chi connectivity index (χ1v) is 4.49. The maximum absolute atomic E-state index is 3.63. The number of hydrogen-bond acceptors (Lipinski definition) is 0. The zero-order chi connectivity index (χ0) is 8.81. The molecule has 0 nitrogen and oxygen atoms in total. The number of aryl methyl sites for hydroxylation is 1. The van der Waals surface area contributed by atoms with E-state index in [0.29, 0.717) is 0 Å². The van der Waals surface area contributed by atoms with Crippen LogP contribution in [-0.2, 0) is 6.42 Å². The van der Waals surface area contributed by atoms with Crippen molar-refractivity contribution in [2.24, 2.45) is 0 Å². The van der Waals surface area contributed by atoms with Gasteiger partial charge in [0.05, 0.1) is 0 Å². The first-order chi connectivity index (χ1) is 5.86. The van der Waals surface area contributed by atoms with Crippen molar-refractivity contribution in [3.05, 3.63) is 48.0 Å². The molecule has 0 bridgehead atoms. The van der Waals surface area contributed by atoms with Crippen LogP contribution in [0.25, 0.3) is 0 Å². The second-order valence-electron chi connectivity index (χ2n) is 2.98. The molecule has 0 aliphatic carbocycles. The predicted octanol–water partition coefficient (Wildman–Crippen LogP) is 3.37. The molecule has 0 spiro atoms. The fourth-order valence-corrected chi connectivity index (χ4v) is 1.22. The van der Waals surface area contributed by atoms with E-state index in [1.165, 1.54) is 24.8 Å². The van der Waals surface area contributed by atoms with E-state index in [2.05, 4.69) is 37.8 Å². The molecule has 0 amide bonds. The van der Waals surface area contributed by atoms with E-state index >= 15 is 0 Å². The van der Waals surface area contributed by atoms with E-state index in [0.717, 1.165) is 5.56 Å². The van der Waals surface area contributed by atoms with Crippen molar-refractivity contribution in [1.82, 2.24) is 0 Å². The second-order valence-corrected chi connectivity index (χ2v) is 2.98. The van der Waals surface area contributed by atoms with Crippen LogP contribution in [-0.4, -0.2) is 0 Å². The van der Waals surface area contributed by atoms with Gasteiger partial charge < -0.3 is 0 Å². The third-order valence-electron chi connectivity index (χ3n) is 1.95. The summed E-state index contributed by atoms with van der Waals surface area (Å²) in [5.41, 5.74) is 2.49. The molecule has 1 aromatic rings. The Kier molecular flexibility index (Phi) is 3.59. The lowest BCUT2D eigenvalue weighted by molar-refractivity contribution is 0.795.